The Hall–Kier alpha value is -2.57. The summed E-state index contributed by atoms with van der Waals surface area (Å²) in [5.41, 5.74) is 4.25. The van der Waals surface area contributed by atoms with Gasteiger partial charge in [-0.25, -0.2) is 0 Å². The van der Waals surface area contributed by atoms with Crippen molar-refractivity contribution in [2.75, 3.05) is 22.9 Å². The Labute approximate surface area is 219 Å². The van der Waals surface area contributed by atoms with Crippen LogP contribution in [0.1, 0.15) is 63.9 Å². The highest BCUT2D eigenvalue weighted by molar-refractivity contribution is 7.80. The van der Waals surface area contributed by atoms with Crippen LogP contribution < -0.4 is 15.1 Å². The standard InChI is InChI=1S/C28H34ClN5S/c1-19-10-14-32(15-11-19)24-9-8-21(17-22(24)29)34-26(20-12-16-33(18-20)28(2,3)4)25(31-27(34)35)23-7-5-6-13-30-23/h5-9,12-13,16-19,25-26H,10-11,14-15H2,1-4H3,(H,31,35)/t25-,26+/m1/s1. The quantitative estimate of drug-likeness (QED) is 0.397. The van der Waals surface area contributed by atoms with Gasteiger partial charge in [0.1, 0.15) is 0 Å². The highest BCUT2D eigenvalue weighted by atomic mass is 35.5. The van der Waals surface area contributed by atoms with Crippen LogP contribution in [0.2, 0.25) is 5.02 Å². The maximum Gasteiger partial charge on any atom is 0.174 e. The molecule has 0 unspecified atom stereocenters. The van der Waals surface area contributed by atoms with E-state index in [0.29, 0.717) is 5.11 Å². The van der Waals surface area contributed by atoms with Crippen LogP contribution >= 0.6 is 23.8 Å². The summed E-state index contributed by atoms with van der Waals surface area (Å²) >= 11 is 12.8. The number of aromatic nitrogens is 2. The van der Waals surface area contributed by atoms with Gasteiger partial charge in [0.25, 0.3) is 0 Å². The summed E-state index contributed by atoms with van der Waals surface area (Å²) in [5, 5.41) is 5.01. The summed E-state index contributed by atoms with van der Waals surface area (Å²) in [7, 11) is 0. The second-order valence-corrected chi connectivity index (χ2v) is 11.6. The molecule has 3 aromatic rings. The van der Waals surface area contributed by atoms with Crippen LogP contribution in [-0.2, 0) is 5.54 Å². The van der Waals surface area contributed by atoms with Gasteiger partial charge in [-0.2, -0.15) is 0 Å². The van der Waals surface area contributed by atoms with Gasteiger partial charge in [-0.3, -0.25) is 4.98 Å². The third-order valence-corrected chi connectivity index (χ3v) is 7.88. The minimum Gasteiger partial charge on any atom is -0.370 e. The van der Waals surface area contributed by atoms with Gasteiger partial charge in [0.15, 0.2) is 5.11 Å². The predicted molar refractivity (Wildman–Crippen MR) is 149 cm³/mol. The first-order valence-electron chi connectivity index (χ1n) is 12.5. The summed E-state index contributed by atoms with van der Waals surface area (Å²) in [6.45, 7) is 11.1. The third kappa shape index (κ3) is 4.78. The van der Waals surface area contributed by atoms with Crippen molar-refractivity contribution in [3.63, 3.8) is 0 Å². The van der Waals surface area contributed by atoms with E-state index < -0.39 is 0 Å². The Bertz CT molecular complexity index is 1190. The van der Waals surface area contributed by atoms with E-state index in [2.05, 4.69) is 95.1 Å². The van der Waals surface area contributed by atoms with Crippen molar-refractivity contribution in [3.8, 4) is 0 Å². The molecule has 5 nitrogen and oxygen atoms in total. The van der Waals surface area contributed by atoms with Crippen molar-refractivity contribution >= 4 is 40.3 Å². The molecular weight excluding hydrogens is 474 g/mol. The number of pyridine rings is 1. The molecule has 1 N–H and O–H groups in total. The van der Waals surface area contributed by atoms with Crippen molar-refractivity contribution in [1.29, 1.82) is 0 Å². The minimum absolute atomic E-state index is 0.00693. The monoisotopic (exact) mass is 507 g/mol. The number of thiocarbonyl (C=S) groups is 1. The molecule has 0 aliphatic carbocycles. The average molecular weight is 508 g/mol. The molecule has 2 atom stereocenters. The molecule has 1 aromatic carbocycles. The van der Waals surface area contributed by atoms with Gasteiger partial charge in [0.2, 0.25) is 0 Å². The van der Waals surface area contributed by atoms with Crippen molar-refractivity contribution in [2.45, 2.75) is 58.2 Å². The third-order valence-electron chi connectivity index (χ3n) is 7.26. The highest BCUT2D eigenvalue weighted by Gasteiger charge is 2.41. The van der Waals surface area contributed by atoms with Crippen molar-refractivity contribution < 1.29 is 0 Å². The maximum absolute atomic E-state index is 6.89. The van der Waals surface area contributed by atoms with E-state index in [-0.39, 0.29) is 17.6 Å². The van der Waals surface area contributed by atoms with Crippen LogP contribution in [0.3, 0.4) is 0 Å². The van der Waals surface area contributed by atoms with Crippen LogP contribution in [0.4, 0.5) is 11.4 Å². The molecule has 0 bridgehead atoms. The zero-order valence-electron chi connectivity index (χ0n) is 20.9. The fourth-order valence-corrected chi connectivity index (χ4v) is 5.77. The lowest BCUT2D eigenvalue weighted by atomic mass is 9.98. The average Bonchev–Trinajstić information content (AvgIpc) is 3.45. The zero-order chi connectivity index (χ0) is 24.7. The first kappa shape index (κ1) is 24.1. The maximum atomic E-state index is 6.89. The van der Waals surface area contributed by atoms with Gasteiger partial charge >= 0.3 is 0 Å². The fraction of sp³-hybridized carbons (Fsp3) is 0.429. The smallest absolute Gasteiger partial charge is 0.174 e. The molecule has 2 aliphatic heterocycles. The van der Waals surface area contributed by atoms with Gasteiger partial charge in [-0.15, -0.1) is 0 Å². The molecule has 0 radical (unpaired) electrons. The molecule has 0 amide bonds. The number of hydrogen-bond acceptors (Lipinski definition) is 3. The lowest BCUT2D eigenvalue weighted by molar-refractivity contribution is 0.397. The number of piperidine rings is 1. The zero-order valence-corrected chi connectivity index (χ0v) is 22.5. The molecule has 2 saturated heterocycles. The predicted octanol–water partition coefficient (Wildman–Crippen LogP) is 6.70. The molecule has 2 aromatic heterocycles. The number of nitrogens with one attached hydrogen (secondary N) is 1. The van der Waals surface area contributed by atoms with E-state index in [0.717, 1.165) is 41.1 Å². The van der Waals surface area contributed by atoms with Gasteiger partial charge in [-0.05, 0) is 93.7 Å². The molecule has 0 saturated carbocycles. The fourth-order valence-electron chi connectivity index (χ4n) is 5.13. The van der Waals surface area contributed by atoms with E-state index in [9.17, 15) is 0 Å². The number of hydrogen-bond donors (Lipinski definition) is 1. The Balaban J connectivity index is 1.53. The van der Waals surface area contributed by atoms with Crippen molar-refractivity contribution in [2.24, 2.45) is 5.92 Å². The Morgan fingerprint density at radius 3 is 2.49 bits per heavy atom. The van der Waals surface area contributed by atoms with Crippen LogP contribution in [0.25, 0.3) is 0 Å². The molecule has 4 heterocycles. The Morgan fingerprint density at radius 1 is 1.09 bits per heavy atom. The Kier molecular flexibility index (Phi) is 6.53. The SMILES string of the molecule is CC1CCN(c2ccc(N3C(=S)N[C@H](c4ccccn4)[C@@H]3c3ccn(C(C)(C)C)c3)cc2Cl)CC1. The molecule has 2 fully saturated rings. The normalized spacial score (nSPS) is 21.5. The van der Waals surface area contributed by atoms with Crippen LogP contribution in [0.15, 0.2) is 61.1 Å². The van der Waals surface area contributed by atoms with Crippen LogP contribution in [-0.4, -0.2) is 27.8 Å². The van der Waals surface area contributed by atoms with Crippen LogP contribution in [0, 0.1) is 5.92 Å². The Morgan fingerprint density at radius 2 is 1.86 bits per heavy atom. The second-order valence-electron chi connectivity index (χ2n) is 10.8. The van der Waals surface area contributed by atoms with E-state index in [1.54, 1.807) is 0 Å². The lowest BCUT2D eigenvalue weighted by Gasteiger charge is -2.33. The summed E-state index contributed by atoms with van der Waals surface area (Å²) in [5.74, 6) is 0.780. The molecule has 35 heavy (non-hydrogen) atoms. The number of anilines is 2. The number of halogens is 1. The summed E-state index contributed by atoms with van der Waals surface area (Å²) in [4.78, 5) is 9.27. The van der Waals surface area contributed by atoms with Gasteiger partial charge < -0.3 is 19.7 Å². The topological polar surface area (TPSA) is 36.3 Å². The van der Waals surface area contributed by atoms with E-state index in [1.165, 1.54) is 18.4 Å². The molecular formula is C28H34ClN5S. The largest absolute Gasteiger partial charge is 0.370 e. The molecule has 7 heteroatoms. The molecule has 184 valence electrons. The van der Waals surface area contributed by atoms with Crippen molar-refractivity contribution in [3.05, 3.63) is 77.3 Å². The second kappa shape index (κ2) is 9.47. The molecule has 0 spiro atoms. The molecule has 5 rings (SSSR count). The van der Waals surface area contributed by atoms with Gasteiger partial charge in [0, 0.05) is 42.9 Å². The summed E-state index contributed by atoms with van der Waals surface area (Å²) < 4.78 is 2.25. The highest BCUT2D eigenvalue weighted by Crippen LogP contribution is 2.43. The number of rotatable bonds is 4. The van der Waals surface area contributed by atoms with E-state index in [4.69, 9.17) is 23.8 Å². The number of benzene rings is 1. The number of nitrogens with zero attached hydrogens (tertiary/aromatic N) is 4. The lowest BCUT2D eigenvalue weighted by Crippen LogP contribution is -2.33. The molecule has 2 aliphatic rings. The van der Waals surface area contributed by atoms with Crippen molar-refractivity contribution in [1.82, 2.24) is 14.9 Å². The first-order valence-corrected chi connectivity index (χ1v) is 13.2. The van der Waals surface area contributed by atoms with Gasteiger partial charge in [0.05, 0.1) is 28.5 Å². The minimum atomic E-state index is -0.0680. The van der Waals surface area contributed by atoms with Crippen LogP contribution in [0.5, 0.6) is 0 Å². The summed E-state index contributed by atoms with van der Waals surface area (Å²) in [6, 6.07) is 14.5. The van der Waals surface area contributed by atoms with E-state index in [1.807, 2.05) is 18.3 Å². The van der Waals surface area contributed by atoms with E-state index >= 15 is 0 Å². The first-order chi connectivity index (χ1) is 16.7. The summed E-state index contributed by atoms with van der Waals surface area (Å²) in [6.07, 6.45) is 8.63. The van der Waals surface area contributed by atoms with Gasteiger partial charge in [-0.1, -0.05) is 24.6 Å².